The lowest BCUT2D eigenvalue weighted by atomic mass is 10.1. The van der Waals surface area contributed by atoms with E-state index in [9.17, 15) is 0 Å². The van der Waals surface area contributed by atoms with Gasteiger partial charge >= 0.3 is 0 Å². The first-order chi connectivity index (χ1) is 7.40. The topological polar surface area (TPSA) is 76.7 Å². The Labute approximate surface area is 91.4 Å². The molecular weight excluding hydrogens is 210 g/mol. The Bertz CT molecular complexity index is 388. The van der Waals surface area contributed by atoms with Crippen LogP contribution in [0.25, 0.3) is 0 Å². The summed E-state index contributed by atoms with van der Waals surface area (Å²) in [5.74, 6) is 5.49. The van der Waals surface area contributed by atoms with Crippen molar-refractivity contribution in [3.05, 3.63) is 40.9 Å². The van der Waals surface area contributed by atoms with Crippen molar-refractivity contribution in [3.63, 3.8) is 0 Å². The molecule has 3 N–H and O–H groups in total. The van der Waals surface area contributed by atoms with Gasteiger partial charge in [-0.25, -0.2) is 15.0 Å². The van der Waals surface area contributed by atoms with Gasteiger partial charge in [0.15, 0.2) is 0 Å². The molecule has 0 saturated carbocycles. The number of aromatic nitrogens is 3. The lowest BCUT2D eigenvalue weighted by Crippen LogP contribution is -2.30. The van der Waals surface area contributed by atoms with Crippen LogP contribution in [-0.2, 0) is 6.42 Å². The molecule has 78 valence electrons. The van der Waals surface area contributed by atoms with Crippen molar-refractivity contribution in [2.24, 2.45) is 5.84 Å². The van der Waals surface area contributed by atoms with E-state index in [-0.39, 0.29) is 6.04 Å². The Morgan fingerprint density at radius 1 is 1.40 bits per heavy atom. The summed E-state index contributed by atoms with van der Waals surface area (Å²) in [7, 11) is 0. The lowest BCUT2D eigenvalue weighted by molar-refractivity contribution is 0.536. The van der Waals surface area contributed by atoms with Gasteiger partial charge in [-0.3, -0.25) is 11.3 Å². The van der Waals surface area contributed by atoms with Gasteiger partial charge in [-0.1, -0.05) is 0 Å². The molecule has 0 fully saturated rings. The molecule has 0 aromatic carbocycles. The molecule has 5 nitrogen and oxygen atoms in total. The van der Waals surface area contributed by atoms with Crippen molar-refractivity contribution in [1.29, 1.82) is 0 Å². The van der Waals surface area contributed by atoms with E-state index in [1.807, 2.05) is 11.4 Å². The molecule has 0 aliphatic carbocycles. The number of nitrogens with one attached hydrogen (secondary N) is 1. The zero-order valence-corrected chi connectivity index (χ0v) is 8.81. The van der Waals surface area contributed by atoms with E-state index in [0.29, 0.717) is 0 Å². The van der Waals surface area contributed by atoms with Gasteiger partial charge in [0.2, 0.25) is 0 Å². The van der Waals surface area contributed by atoms with E-state index in [4.69, 9.17) is 5.84 Å². The molecule has 0 aliphatic rings. The molecule has 2 heterocycles. The second-order valence-corrected chi connectivity index (χ2v) is 3.96. The Balaban J connectivity index is 2.12. The molecule has 2 rings (SSSR count). The average Bonchev–Trinajstić information content (AvgIpc) is 2.80. The number of rotatable bonds is 4. The second-order valence-electron chi connectivity index (χ2n) is 2.98. The SMILES string of the molecule is NNC(Cc1nccs1)c1ccncn1. The van der Waals surface area contributed by atoms with Crippen LogP contribution in [-0.4, -0.2) is 15.0 Å². The maximum absolute atomic E-state index is 5.49. The monoisotopic (exact) mass is 221 g/mol. The van der Waals surface area contributed by atoms with Gasteiger partial charge in [-0.15, -0.1) is 11.3 Å². The molecular formula is C9H11N5S. The summed E-state index contributed by atoms with van der Waals surface area (Å²) in [5, 5.41) is 2.99. The summed E-state index contributed by atoms with van der Waals surface area (Å²) in [6, 6.07) is 1.83. The van der Waals surface area contributed by atoms with E-state index in [0.717, 1.165) is 17.1 Å². The zero-order chi connectivity index (χ0) is 10.5. The van der Waals surface area contributed by atoms with Gasteiger partial charge in [0, 0.05) is 24.2 Å². The molecule has 1 unspecified atom stereocenters. The molecule has 2 aromatic rings. The fraction of sp³-hybridized carbons (Fsp3) is 0.222. The van der Waals surface area contributed by atoms with Gasteiger partial charge in [-0.05, 0) is 6.07 Å². The highest BCUT2D eigenvalue weighted by Crippen LogP contribution is 2.16. The minimum Gasteiger partial charge on any atom is -0.271 e. The van der Waals surface area contributed by atoms with Gasteiger partial charge in [-0.2, -0.15) is 0 Å². The molecule has 0 amide bonds. The highest BCUT2D eigenvalue weighted by molar-refractivity contribution is 7.09. The lowest BCUT2D eigenvalue weighted by Gasteiger charge is -2.12. The van der Waals surface area contributed by atoms with Crippen LogP contribution in [0.4, 0.5) is 0 Å². The van der Waals surface area contributed by atoms with Crippen LogP contribution in [0.5, 0.6) is 0 Å². The van der Waals surface area contributed by atoms with Crippen LogP contribution < -0.4 is 11.3 Å². The third kappa shape index (κ3) is 2.56. The largest absolute Gasteiger partial charge is 0.271 e. The molecule has 0 bridgehead atoms. The quantitative estimate of drug-likeness (QED) is 0.586. The summed E-state index contributed by atoms with van der Waals surface area (Å²) >= 11 is 1.61. The van der Waals surface area contributed by atoms with Crippen LogP contribution in [0.15, 0.2) is 30.2 Å². The minimum atomic E-state index is -0.0147. The summed E-state index contributed by atoms with van der Waals surface area (Å²) in [5.41, 5.74) is 3.61. The molecule has 6 heteroatoms. The summed E-state index contributed by atoms with van der Waals surface area (Å²) < 4.78 is 0. The number of thiazole rings is 1. The van der Waals surface area contributed by atoms with Crippen molar-refractivity contribution < 1.29 is 0 Å². The Kier molecular flexibility index (Phi) is 3.33. The van der Waals surface area contributed by atoms with Crippen molar-refractivity contribution in [1.82, 2.24) is 20.4 Å². The number of hydrogen-bond donors (Lipinski definition) is 2. The smallest absolute Gasteiger partial charge is 0.115 e. The maximum atomic E-state index is 5.49. The van der Waals surface area contributed by atoms with Crippen molar-refractivity contribution >= 4 is 11.3 Å². The normalized spacial score (nSPS) is 12.6. The number of nitrogens with two attached hydrogens (primary N) is 1. The predicted molar refractivity (Wildman–Crippen MR) is 57.9 cm³/mol. The van der Waals surface area contributed by atoms with Crippen molar-refractivity contribution in [2.45, 2.75) is 12.5 Å². The molecule has 0 radical (unpaired) electrons. The summed E-state index contributed by atoms with van der Waals surface area (Å²) in [6.45, 7) is 0. The summed E-state index contributed by atoms with van der Waals surface area (Å²) in [6.07, 6.45) is 5.74. The molecule has 2 aromatic heterocycles. The van der Waals surface area contributed by atoms with E-state index in [1.165, 1.54) is 6.33 Å². The maximum Gasteiger partial charge on any atom is 0.115 e. The first-order valence-electron chi connectivity index (χ1n) is 4.50. The molecule has 0 saturated heterocycles. The Hall–Kier alpha value is -1.37. The highest BCUT2D eigenvalue weighted by atomic mass is 32.1. The fourth-order valence-electron chi connectivity index (χ4n) is 1.28. The third-order valence-electron chi connectivity index (χ3n) is 2.03. The number of nitrogens with zero attached hydrogens (tertiary/aromatic N) is 3. The Morgan fingerprint density at radius 3 is 2.93 bits per heavy atom. The van der Waals surface area contributed by atoms with Gasteiger partial charge in [0.1, 0.15) is 6.33 Å². The molecule has 15 heavy (non-hydrogen) atoms. The predicted octanol–water partition coefficient (Wildman–Crippen LogP) is 0.680. The number of hydrazine groups is 1. The van der Waals surface area contributed by atoms with E-state index >= 15 is 0 Å². The van der Waals surface area contributed by atoms with Crippen LogP contribution in [0.2, 0.25) is 0 Å². The molecule has 0 aliphatic heterocycles. The minimum absolute atomic E-state index is 0.0147. The highest BCUT2D eigenvalue weighted by Gasteiger charge is 2.12. The standard InChI is InChI=1S/C9H11N5S/c10-14-8(5-9-12-3-4-15-9)7-1-2-11-6-13-7/h1-4,6,8,14H,5,10H2. The van der Waals surface area contributed by atoms with Gasteiger partial charge in [0.25, 0.3) is 0 Å². The van der Waals surface area contributed by atoms with Crippen molar-refractivity contribution in [3.8, 4) is 0 Å². The average molecular weight is 221 g/mol. The Morgan fingerprint density at radius 2 is 2.33 bits per heavy atom. The van der Waals surface area contributed by atoms with Crippen LogP contribution in [0, 0.1) is 0 Å². The first-order valence-corrected chi connectivity index (χ1v) is 5.38. The van der Waals surface area contributed by atoms with Crippen LogP contribution in [0.1, 0.15) is 16.7 Å². The van der Waals surface area contributed by atoms with Gasteiger partial charge < -0.3 is 0 Å². The van der Waals surface area contributed by atoms with E-state index in [1.54, 1.807) is 23.7 Å². The molecule has 1 atom stereocenters. The van der Waals surface area contributed by atoms with E-state index in [2.05, 4.69) is 20.4 Å². The van der Waals surface area contributed by atoms with Gasteiger partial charge in [0.05, 0.1) is 16.7 Å². The molecule has 0 spiro atoms. The summed E-state index contributed by atoms with van der Waals surface area (Å²) in [4.78, 5) is 12.2. The van der Waals surface area contributed by atoms with E-state index < -0.39 is 0 Å². The fourth-order valence-corrected chi connectivity index (χ4v) is 1.95. The van der Waals surface area contributed by atoms with Crippen molar-refractivity contribution in [2.75, 3.05) is 0 Å². The van der Waals surface area contributed by atoms with Crippen LogP contribution >= 0.6 is 11.3 Å². The number of hydrogen-bond acceptors (Lipinski definition) is 6. The van der Waals surface area contributed by atoms with Crippen LogP contribution in [0.3, 0.4) is 0 Å². The third-order valence-corrected chi connectivity index (χ3v) is 2.83. The second kappa shape index (κ2) is 4.92. The first kappa shape index (κ1) is 10.2. The zero-order valence-electron chi connectivity index (χ0n) is 8.00.